The second-order valence-electron chi connectivity index (χ2n) is 4.87. The minimum absolute atomic E-state index is 0.179. The summed E-state index contributed by atoms with van der Waals surface area (Å²) in [5, 5.41) is 10.3. The number of hydrogen-bond donors (Lipinski definition) is 1. The molecule has 0 aliphatic carbocycles. The van der Waals surface area contributed by atoms with Crippen molar-refractivity contribution in [3.05, 3.63) is 23.8 Å². The fraction of sp³-hybridized carbons (Fsp3) is 0.571. The van der Waals surface area contributed by atoms with Gasteiger partial charge in [0.25, 0.3) is 0 Å². The van der Waals surface area contributed by atoms with Gasteiger partial charge in [0.1, 0.15) is 11.5 Å². The fourth-order valence-electron chi connectivity index (χ4n) is 1.61. The van der Waals surface area contributed by atoms with E-state index in [1.807, 2.05) is 39.0 Å². The van der Waals surface area contributed by atoms with E-state index in [0.29, 0.717) is 6.42 Å². The molecular formula is C14H22O3. The summed E-state index contributed by atoms with van der Waals surface area (Å²) in [4.78, 5) is 0. The molecule has 1 aromatic carbocycles. The van der Waals surface area contributed by atoms with Gasteiger partial charge in [-0.3, -0.25) is 0 Å². The molecule has 3 heteroatoms. The van der Waals surface area contributed by atoms with Gasteiger partial charge in [0.15, 0.2) is 0 Å². The molecule has 1 unspecified atom stereocenters. The summed E-state index contributed by atoms with van der Waals surface area (Å²) in [6.45, 7) is 5.86. The highest BCUT2D eigenvalue weighted by molar-refractivity contribution is 5.41. The summed E-state index contributed by atoms with van der Waals surface area (Å²) >= 11 is 0. The van der Waals surface area contributed by atoms with Crippen LogP contribution in [0.25, 0.3) is 0 Å². The van der Waals surface area contributed by atoms with Crippen molar-refractivity contribution < 1.29 is 14.6 Å². The molecule has 3 nitrogen and oxygen atoms in total. The Morgan fingerprint density at radius 3 is 2.35 bits per heavy atom. The number of benzene rings is 1. The first-order chi connectivity index (χ1) is 7.90. The third-order valence-corrected chi connectivity index (χ3v) is 3.28. The lowest BCUT2D eigenvalue weighted by Crippen LogP contribution is -2.33. The SMILES string of the molecule is COc1ccc(OC)c(CC(C)(O)C(C)C)c1. The van der Waals surface area contributed by atoms with E-state index < -0.39 is 5.60 Å². The van der Waals surface area contributed by atoms with Gasteiger partial charge < -0.3 is 14.6 Å². The molecule has 0 bridgehead atoms. The van der Waals surface area contributed by atoms with Crippen molar-refractivity contribution in [3.63, 3.8) is 0 Å². The first-order valence-corrected chi connectivity index (χ1v) is 5.84. The Bertz CT molecular complexity index is 370. The predicted molar refractivity (Wildman–Crippen MR) is 68.7 cm³/mol. The summed E-state index contributed by atoms with van der Waals surface area (Å²) in [5.41, 5.74) is 0.213. The van der Waals surface area contributed by atoms with Crippen LogP contribution in [0.15, 0.2) is 18.2 Å². The fourth-order valence-corrected chi connectivity index (χ4v) is 1.61. The molecule has 0 heterocycles. The van der Waals surface area contributed by atoms with Crippen molar-refractivity contribution in [3.8, 4) is 11.5 Å². The van der Waals surface area contributed by atoms with E-state index >= 15 is 0 Å². The molecule has 0 radical (unpaired) electrons. The molecule has 17 heavy (non-hydrogen) atoms. The van der Waals surface area contributed by atoms with Gasteiger partial charge in [0, 0.05) is 12.0 Å². The minimum atomic E-state index is -0.750. The van der Waals surface area contributed by atoms with Crippen LogP contribution >= 0.6 is 0 Å². The standard InChI is InChI=1S/C14H22O3/c1-10(2)14(3,15)9-11-8-12(16-4)6-7-13(11)17-5/h6-8,10,15H,9H2,1-5H3. The lowest BCUT2D eigenvalue weighted by Gasteiger charge is -2.28. The van der Waals surface area contributed by atoms with Crippen LogP contribution in [0.1, 0.15) is 26.3 Å². The van der Waals surface area contributed by atoms with Crippen molar-refractivity contribution in [2.45, 2.75) is 32.8 Å². The Balaban J connectivity index is 3.03. The molecule has 96 valence electrons. The maximum absolute atomic E-state index is 10.3. The first kappa shape index (κ1) is 13.8. The summed E-state index contributed by atoms with van der Waals surface area (Å²) in [6, 6.07) is 5.63. The van der Waals surface area contributed by atoms with Gasteiger partial charge >= 0.3 is 0 Å². The van der Waals surface area contributed by atoms with E-state index in [4.69, 9.17) is 9.47 Å². The van der Waals surface area contributed by atoms with E-state index in [0.717, 1.165) is 17.1 Å². The number of hydrogen-bond acceptors (Lipinski definition) is 3. The van der Waals surface area contributed by atoms with Crippen LogP contribution in [0.2, 0.25) is 0 Å². The molecule has 1 rings (SSSR count). The Labute approximate surface area is 103 Å². The minimum Gasteiger partial charge on any atom is -0.497 e. The molecule has 1 N–H and O–H groups in total. The number of methoxy groups -OCH3 is 2. The predicted octanol–water partition coefficient (Wildman–Crippen LogP) is 2.65. The van der Waals surface area contributed by atoms with Crippen LogP contribution in [-0.4, -0.2) is 24.9 Å². The van der Waals surface area contributed by atoms with E-state index in [2.05, 4.69) is 0 Å². The van der Waals surface area contributed by atoms with E-state index in [9.17, 15) is 5.11 Å². The Hall–Kier alpha value is -1.22. The van der Waals surface area contributed by atoms with Gasteiger partial charge in [-0.2, -0.15) is 0 Å². The van der Waals surface area contributed by atoms with Crippen molar-refractivity contribution in [2.24, 2.45) is 5.92 Å². The van der Waals surface area contributed by atoms with Gasteiger partial charge in [-0.1, -0.05) is 13.8 Å². The smallest absolute Gasteiger partial charge is 0.122 e. The summed E-state index contributed by atoms with van der Waals surface area (Å²) in [7, 11) is 3.27. The van der Waals surface area contributed by atoms with Gasteiger partial charge in [-0.05, 0) is 31.0 Å². The first-order valence-electron chi connectivity index (χ1n) is 5.84. The third-order valence-electron chi connectivity index (χ3n) is 3.28. The molecular weight excluding hydrogens is 216 g/mol. The largest absolute Gasteiger partial charge is 0.497 e. The average molecular weight is 238 g/mol. The number of rotatable bonds is 5. The Kier molecular flexibility index (Phi) is 4.40. The quantitative estimate of drug-likeness (QED) is 0.857. The number of ether oxygens (including phenoxy) is 2. The highest BCUT2D eigenvalue weighted by Gasteiger charge is 2.26. The molecule has 0 amide bonds. The monoisotopic (exact) mass is 238 g/mol. The molecule has 0 saturated heterocycles. The van der Waals surface area contributed by atoms with E-state index in [1.165, 1.54) is 0 Å². The molecule has 1 atom stereocenters. The lowest BCUT2D eigenvalue weighted by atomic mass is 9.86. The van der Waals surface area contributed by atoms with Gasteiger partial charge in [-0.15, -0.1) is 0 Å². The van der Waals surface area contributed by atoms with Gasteiger partial charge in [0.05, 0.1) is 19.8 Å². The number of aliphatic hydroxyl groups is 1. The normalized spacial score (nSPS) is 14.5. The van der Waals surface area contributed by atoms with Crippen LogP contribution < -0.4 is 9.47 Å². The van der Waals surface area contributed by atoms with Crippen LogP contribution in [0.4, 0.5) is 0 Å². The molecule has 1 aromatic rings. The summed E-state index contributed by atoms with van der Waals surface area (Å²) < 4.78 is 10.5. The second-order valence-corrected chi connectivity index (χ2v) is 4.87. The lowest BCUT2D eigenvalue weighted by molar-refractivity contribution is 0.0134. The molecule has 0 spiro atoms. The second kappa shape index (κ2) is 5.41. The highest BCUT2D eigenvalue weighted by Crippen LogP contribution is 2.30. The van der Waals surface area contributed by atoms with Crippen LogP contribution in [-0.2, 0) is 6.42 Å². The zero-order chi connectivity index (χ0) is 13.1. The molecule has 0 aromatic heterocycles. The highest BCUT2D eigenvalue weighted by atomic mass is 16.5. The molecule has 0 saturated carbocycles. The summed E-state index contributed by atoms with van der Waals surface area (Å²) in [5.74, 6) is 1.74. The average Bonchev–Trinajstić information content (AvgIpc) is 2.28. The summed E-state index contributed by atoms with van der Waals surface area (Å²) in [6.07, 6.45) is 0.547. The Morgan fingerprint density at radius 1 is 1.24 bits per heavy atom. The van der Waals surface area contributed by atoms with Crippen molar-refractivity contribution in [1.29, 1.82) is 0 Å². The zero-order valence-electron chi connectivity index (χ0n) is 11.3. The Morgan fingerprint density at radius 2 is 1.88 bits per heavy atom. The van der Waals surface area contributed by atoms with Crippen LogP contribution in [0, 0.1) is 5.92 Å². The van der Waals surface area contributed by atoms with Gasteiger partial charge in [0.2, 0.25) is 0 Å². The van der Waals surface area contributed by atoms with Crippen molar-refractivity contribution in [1.82, 2.24) is 0 Å². The van der Waals surface area contributed by atoms with Crippen molar-refractivity contribution in [2.75, 3.05) is 14.2 Å². The van der Waals surface area contributed by atoms with E-state index in [-0.39, 0.29) is 5.92 Å². The molecule has 0 aliphatic heterocycles. The topological polar surface area (TPSA) is 38.7 Å². The molecule has 0 fully saturated rings. The van der Waals surface area contributed by atoms with Gasteiger partial charge in [-0.25, -0.2) is 0 Å². The van der Waals surface area contributed by atoms with E-state index in [1.54, 1.807) is 14.2 Å². The zero-order valence-corrected chi connectivity index (χ0v) is 11.3. The maximum atomic E-state index is 10.3. The van der Waals surface area contributed by atoms with Crippen molar-refractivity contribution >= 4 is 0 Å². The maximum Gasteiger partial charge on any atom is 0.122 e. The molecule has 0 aliphatic rings. The van der Waals surface area contributed by atoms with Crippen LogP contribution in [0.5, 0.6) is 11.5 Å². The van der Waals surface area contributed by atoms with Crippen LogP contribution in [0.3, 0.4) is 0 Å². The third kappa shape index (κ3) is 3.37.